The molecule has 0 heterocycles. The minimum Gasteiger partial charge on any atom is -0.393 e. The van der Waals surface area contributed by atoms with Crippen molar-refractivity contribution in [2.24, 2.45) is 29.1 Å². The third-order valence-corrected chi connectivity index (χ3v) is 7.10. The zero-order chi connectivity index (χ0) is 16.2. The van der Waals surface area contributed by atoms with Gasteiger partial charge in [-0.2, -0.15) is 0 Å². The summed E-state index contributed by atoms with van der Waals surface area (Å²) >= 11 is 0. The van der Waals surface area contributed by atoms with E-state index in [1.54, 1.807) is 13.2 Å². The molecule has 0 radical (unpaired) electrons. The Kier molecular flexibility index (Phi) is 3.64. The number of aliphatic hydroxyl groups excluding tert-OH is 1. The average molecular weight is 314 g/mol. The Hall–Kier alpha value is -1.15. The summed E-state index contributed by atoms with van der Waals surface area (Å²) in [6.45, 7) is 2.95. The second-order valence-electron chi connectivity index (χ2n) is 8.11. The Balaban J connectivity index is 1.73. The lowest BCUT2D eigenvalue weighted by molar-refractivity contribution is -0.110. The molecule has 124 valence electrons. The lowest BCUT2D eigenvalue weighted by atomic mass is 9.53. The maximum atomic E-state index is 11.8. The van der Waals surface area contributed by atoms with E-state index in [2.05, 4.69) is 12.7 Å². The third-order valence-electron chi connectivity index (χ3n) is 7.10. The van der Waals surface area contributed by atoms with Gasteiger partial charge >= 0.3 is 0 Å². The fourth-order valence-electron chi connectivity index (χ4n) is 5.93. The second-order valence-corrected chi connectivity index (χ2v) is 8.11. The van der Waals surface area contributed by atoms with Gasteiger partial charge in [0.2, 0.25) is 0 Å². The summed E-state index contributed by atoms with van der Waals surface area (Å²) in [5, 5.41) is 10.5. The quantitative estimate of drug-likeness (QED) is 0.797. The number of ether oxygens (including phenoxy) is 1. The molecular formula is C20H26O3. The molecule has 23 heavy (non-hydrogen) atoms. The van der Waals surface area contributed by atoms with Gasteiger partial charge in [0.1, 0.15) is 0 Å². The van der Waals surface area contributed by atoms with Crippen molar-refractivity contribution in [2.75, 3.05) is 13.7 Å². The highest BCUT2D eigenvalue weighted by Gasteiger charge is 2.56. The molecule has 0 bridgehead atoms. The van der Waals surface area contributed by atoms with Crippen molar-refractivity contribution in [1.29, 1.82) is 0 Å². The molecule has 6 atom stereocenters. The zero-order valence-corrected chi connectivity index (χ0v) is 14.0. The molecule has 4 aliphatic rings. The number of ketones is 1. The Morgan fingerprint density at radius 3 is 3.00 bits per heavy atom. The molecule has 0 aromatic heterocycles. The number of hydrogen-bond acceptors (Lipinski definition) is 3. The lowest BCUT2D eigenvalue weighted by Crippen LogP contribution is -2.47. The second kappa shape index (κ2) is 5.44. The smallest absolute Gasteiger partial charge is 0.186 e. The van der Waals surface area contributed by atoms with E-state index in [1.165, 1.54) is 11.1 Å². The van der Waals surface area contributed by atoms with E-state index < -0.39 is 0 Å². The van der Waals surface area contributed by atoms with Crippen molar-refractivity contribution < 1.29 is 14.6 Å². The van der Waals surface area contributed by atoms with Crippen molar-refractivity contribution >= 4 is 5.78 Å². The van der Waals surface area contributed by atoms with Gasteiger partial charge in [-0.25, -0.2) is 0 Å². The molecular weight excluding hydrogens is 288 g/mol. The van der Waals surface area contributed by atoms with Crippen LogP contribution in [-0.2, 0) is 9.53 Å². The summed E-state index contributed by atoms with van der Waals surface area (Å²) in [5.41, 5.74) is 5.82. The van der Waals surface area contributed by atoms with Gasteiger partial charge in [-0.05, 0) is 66.9 Å². The van der Waals surface area contributed by atoms with Crippen LogP contribution in [0.5, 0.6) is 0 Å². The van der Waals surface area contributed by atoms with Gasteiger partial charge in [0, 0.05) is 24.7 Å². The highest BCUT2D eigenvalue weighted by atomic mass is 16.5. The first kappa shape index (κ1) is 15.4. The molecule has 4 rings (SSSR count). The minimum atomic E-state index is -0.149. The summed E-state index contributed by atoms with van der Waals surface area (Å²) < 4.78 is 5.45. The van der Waals surface area contributed by atoms with E-state index in [4.69, 9.17) is 4.74 Å². The molecule has 3 saturated carbocycles. The number of carbonyl (C=O) groups is 1. The normalized spacial score (nSPS) is 45.0. The van der Waals surface area contributed by atoms with Crippen molar-refractivity contribution in [3.05, 3.63) is 29.0 Å². The number of aliphatic hydroxyl groups is 1. The highest BCUT2D eigenvalue weighted by molar-refractivity contribution is 6.01. The van der Waals surface area contributed by atoms with Gasteiger partial charge in [0.25, 0.3) is 0 Å². The average Bonchev–Trinajstić information content (AvgIpc) is 2.83. The van der Waals surface area contributed by atoms with Gasteiger partial charge in [-0.3, -0.25) is 4.79 Å². The molecule has 3 nitrogen and oxygen atoms in total. The molecule has 0 aromatic carbocycles. The summed E-state index contributed by atoms with van der Waals surface area (Å²) in [5.74, 6) is 2.03. The molecule has 0 spiro atoms. The van der Waals surface area contributed by atoms with E-state index >= 15 is 0 Å². The Bertz CT molecular complexity index is 625. The molecule has 0 aliphatic heterocycles. The SMILES string of the molecule is COC[C@H]1C[C@@H]2[C@H](CC[C@]3(C)[C@@H](O)CC[C@@H]23)C2=C=CC(=O)C=C21. The van der Waals surface area contributed by atoms with E-state index in [9.17, 15) is 9.90 Å². The van der Waals surface area contributed by atoms with Gasteiger partial charge < -0.3 is 9.84 Å². The van der Waals surface area contributed by atoms with Crippen molar-refractivity contribution in [3.8, 4) is 0 Å². The van der Waals surface area contributed by atoms with Crippen LogP contribution in [0, 0.1) is 29.1 Å². The number of hydrogen-bond donors (Lipinski definition) is 1. The van der Waals surface area contributed by atoms with Crippen LogP contribution in [0.4, 0.5) is 0 Å². The first-order valence-electron chi connectivity index (χ1n) is 8.94. The Labute approximate surface area is 138 Å². The molecule has 1 N–H and O–H groups in total. The Morgan fingerprint density at radius 2 is 2.22 bits per heavy atom. The molecule has 3 fully saturated rings. The summed E-state index contributed by atoms with van der Waals surface area (Å²) in [7, 11) is 1.74. The maximum absolute atomic E-state index is 11.8. The van der Waals surface area contributed by atoms with E-state index in [0.29, 0.717) is 30.3 Å². The molecule has 0 aromatic rings. The van der Waals surface area contributed by atoms with Crippen LogP contribution in [0.3, 0.4) is 0 Å². The number of rotatable bonds is 2. The lowest BCUT2D eigenvalue weighted by Gasteiger charge is -2.52. The fraction of sp³-hybridized carbons (Fsp3) is 0.700. The molecule has 4 aliphatic carbocycles. The number of carbonyl (C=O) groups excluding carboxylic acids is 1. The topological polar surface area (TPSA) is 46.5 Å². The largest absolute Gasteiger partial charge is 0.393 e. The Morgan fingerprint density at radius 1 is 1.39 bits per heavy atom. The van der Waals surface area contributed by atoms with Crippen LogP contribution in [0.1, 0.15) is 39.0 Å². The van der Waals surface area contributed by atoms with Gasteiger partial charge in [0.15, 0.2) is 5.78 Å². The third kappa shape index (κ3) is 2.21. The summed E-state index contributed by atoms with van der Waals surface area (Å²) in [6.07, 6.45) is 8.60. The van der Waals surface area contributed by atoms with E-state index in [-0.39, 0.29) is 17.3 Å². The predicted molar refractivity (Wildman–Crippen MR) is 87.7 cm³/mol. The minimum absolute atomic E-state index is 0.0558. The zero-order valence-electron chi connectivity index (χ0n) is 14.0. The van der Waals surface area contributed by atoms with Crippen LogP contribution in [0.25, 0.3) is 0 Å². The molecule has 0 saturated heterocycles. The first-order chi connectivity index (χ1) is 11.0. The van der Waals surface area contributed by atoms with Gasteiger partial charge in [-0.15, -0.1) is 5.73 Å². The predicted octanol–water partition coefficient (Wildman–Crippen LogP) is 3.05. The fourth-order valence-corrected chi connectivity index (χ4v) is 5.93. The van der Waals surface area contributed by atoms with Crippen LogP contribution in [0.2, 0.25) is 0 Å². The maximum Gasteiger partial charge on any atom is 0.186 e. The first-order valence-corrected chi connectivity index (χ1v) is 8.94. The summed E-state index contributed by atoms with van der Waals surface area (Å²) in [4.78, 5) is 11.8. The van der Waals surface area contributed by atoms with Crippen LogP contribution >= 0.6 is 0 Å². The van der Waals surface area contributed by atoms with Crippen molar-refractivity contribution in [3.63, 3.8) is 0 Å². The monoisotopic (exact) mass is 314 g/mol. The van der Waals surface area contributed by atoms with Crippen molar-refractivity contribution in [2.45, 2.75) is 45.1 Å². The molecule has 0 amide bonds. The van der Waals surface area contributed by atoms with Crippen LogP contribution < -0.4 is 0 Å². The standard InChI is InChI=1S/C20H26O3/c1-20-8-7-15-14-4-3-13(21)10-16(14)12(11-23-2)9-17(15)18(20)5-6-19(20)22/h3,10,12,15,17-19,22H,5-9,11H2,1-2H3/t12-,15-,17-,18+,19+,20+/m1/s1. The van der Waals surface area contributed by atoms with Crippen molar-refractivity contribution in [1.82, 2.24) is 0 Å². The van der Waals surface area contributed by atoms with E-state index in [1.807, 2.05) is 6.08 Å². The number of fused-ring (bicyclic) bond motifs is 5. The van der Waals surface area contributed by atoms with Crippen LogP contribution in [-0.4, -0.2) is 30.7 Å². The number of methoxy groups -OCH3 is 1. The van der Waals surface area contributed by atoms with Gasteiger partial charge in [-0.1, -0.05) is 6.92 Å². The molecule has 3 heteroatoms. The van der Waals surface area contributed by atoms with E-state index in [0.717, 1.165) is 32.1 Å². The van der Waals surface area contributed by atoms with Crippen LogP contribution in [0.15, 0.2) is 29.0 Å². The highest BCUT2D eigenvalue weighted by Crippen LogP contribution is 2.61. The van der Waals surface area contributed by atoms with Gasteiger partial charge in [0.05, 0.1) is 12.7 Å². The summed E-state index contributed by atoms with van der Waals surface area (Å²) in [6, 6.07) is 0. The molecule has 0 unspecified atom stereocenters. The number of allylic oxidation sites excluding steroid dienone is 2.